The Morgan fingerprint density at radius 2 is 1.78 bits per heavy atom. The number of alkyl halides is 1. The Bertz CT molecular complexity index is 2020. The van der Waals surface area contributed by atoms with E-state index in [4.69, 9.17) is 14.5 Å². The molecule has 3 aromatic carbocycles. The Kier molecular flexibility index (Phi) is 8.31. The third-order valence-electron chi connectivity index (χ3n) is 11.2. The Labute approximate surface area is 294 Å². The van der Waals surface area contributed by atoms with E-state index in [1.807, 2.05) is 25.7 Å². The van der Waals surface area contributed by atoms with E-state index >= 15 is 13.2 Å². The van der Waals surface area contributed by atoms with E-state index in [2.05, 4.69) is 9.88 Å². The van der Waals surface area contributed by atoms with Crippen LogP contribution < -0.4 is 9.64 Å². The summed E-state index contributed by atoms with van der Waals surface area (Å²) in [4.78, 5) is 28.4. The molecule has 4 aliphatic rings. The van der Waals surface area contributed by atoms with Gasteiger partial charge in [0, 0.05) is 31.4 Å². The van der Waals surface area contributed by atoms with Gasteiger partial charge in [0.1, 0.15) is 41.3 Å². The number of hydrogen-bond acceptors (Lipinski definition) is 7. The van der Waals surface area contributed by atoms with E-state index < -0.39 is 34.8 Å². The fourth-order valence-corrected chi connectivity index (χ4v) is 9.03. The molecule has 8 nitrogen and oxygen atoms in total. The number of fused-ring (bicyclic) bond motifs is 5. The van der Waals surface area contributed by atoms with Gasteiger partial charge in [0.25, 0.3) is 0 Å². The van der Waals surface area contributed by atoms with Crippen molar-refractivity contribution in [2.75, 3.05) is 37.7 Å². The van der Waals surface area contributed by atoms with Gasteiger partial charge in [0.15, 0.2) is 5.82 Å². The van der Waals surface area contributed by atoms with Crippen molar-refractivity contribution >= 4 is 33.6 Å². The Morgan fingerprint density at radius 3 is 2.51 bits per heavy atom. The number of carbonyl (C=O) groups excluding carboxylic acids is 1. The molecule has 8 rings (SSSR count). The zero-order chi connectivity index (χ0) is 35.8. The van der Waals surface area contributed by atoms with Crippen LogP contribution in [0.15, 0.2) is 36.4 Å². The number of aryl methyl sites for hydroxylation is 1. The lowest BCUT2D eigenvalue weighted by molar-refractivity contribution is 0.0122. The number of halogens is 4. The number of hydrogen-bond donors (Lipinski definition) is 0. The second-order valence-electron chi connectivity index (χ2n) is 15.6. The van der Waals surface area contributed by atoms with Crippen LogP contribution in [0.25, 0.3) is 32.8 Å². The summed E-state index contributed by atoms with van der Waals surface area (Å²) in [7, 11) is 0. The maximum Gasteiger partial charge on any atom is 0.410 e. The van der Waals surface area contributed by atoms with Crippen molar-refractivity contribution in [3.63, 3.8) is 0 Å². The quantitative estimate of drug-likeness (QED) is 0.189. The summed E-state index contributed by atoms with van der Waals surface area (Å²) in [5.41, 5.74) is -0.986. The molecule has 0 spiro atoms. The summed E-state index contributed by atoms with van der Waals surface area (Å²) in [5.74, 6) is -1.87. The number of rotatable bonds is 6. The van der Waals surface area contributed by atoms with Crippen LogP contribution in [0.3, 0.4) is 0 Å². The number of benzene rings is 3. The molecule has 5 heterocycles. The van der Waals surface area contributed by atoms with Crippen LogP contribution in [-0.2, 0) is 11.2 Å². The Balaban J connectivity index is 1.24. The van der Waals surface area contributed by atoms with Crippen LogP contribution in [0, 0.1) is 17.5 Å². The van der Waals surface area contributed by atoms with Crippen LogP contribution >= 0.6 is 0 Å². The number of nitrogens with zero attached hydrogens (tertiary/aromatic N) is 5. The SMILES string of the molecule is CCc1c(F)ccc2cccc(-c3c(F)cc4c(N5CC6CCC(C5)N6C(=O)OC(C)(C)C)nc(OC[C@@]56CCCN5C[C@H](F)C6)nc4c3F)c12. The largest absolute Gasteiger partial charge is 0.461 e. The van der Waals surface area contributed by atoms with Crippen molar-refractivity contribution in [1.82, 2.24) is 19.8 Å². The Morgan fingerprint density at radius 1 is 1.02 bits per heavy atom. The minimum absolute atomic E-state index is 0.0855. The highest BCUT2D eigenvalue weighted by atomic mass is 19.1. The van der Waals surface area contributed by atoms with Gasteiger partial charge in [-0.3, -0.25) is 9.80 Å². The topological polar surface area (TPSA) is 71.0 Å². The summed E-state index contributed by atoms with van der Waals surface area (Å²) in [6, 6.07) is 8.86. The van der Waals surface area contributed by atoms with Crippen LogP contribution in [0.1, 0.15) is 65.4 Å². The van der Waals surface area contributed by atoms with E-state index in [-0.39, 0.29) is 52.8 Å². The molecule has 4 aliphatic heterocycles. The lowest BCUT2D eigenvalue weighted by Gasteiger charge is -2.42. The first kappa shape index (κ1) is 33.9. The van der Waals surface area contributed by atoms with Crippen LogP contribution in [0.4, 0.5) is 28.2 Å². The highest BCUT2D eigenvalue weighted by Crippen LogP contribution is 2.43. The van der Waals surface area contributed by atoms with E-state index in [0.717, 1.165) is 32.2 Å². The lowest BCUT2D eigenvalue weighted by Crippen LogP contribution is -2.57. The second-order valence-corrected chi connectivity index (χ2v) is 15.6. The molecule has 0 radical (unpaired) electrons. The first-order chi connectivity index (χ1) is 24.4. The molecule has 4 fully saturated rings. The van der Waals surface area contributed by atoms with Gasteiger partial charge in [0.2, 0.25) is 0 Å². The molecule has 2 unspecified atom stereocenters. The zero-order valence-electron chi connectivity index (χ0n) is 29.4. The summed E-state index contributed by atoms with van der Waals surface area (Å²) < 4.78 is 75.2. The number of carbonyl (C=O) groups is 1. The van der Waals surface area contributed by atoms with Crippen molar-refractivity contribution in [2.45, 2.75) is 95.6 Å². The minimum Gasteiger partial charge on any atom is -0.461 e. The molecule has 2 bridgehead atoms. The van der Waals surface area contributed by atoms with Crippen molar-refractivity contribution in [3.8, 4) is 17.1 Å². The van der Waals surface area contributed by atoms with Gasteiger partial charge >= 0.3 is 12.1 Å². The number of ether oxygens (including phenoxy) is 2. The Hall–Kier alpha value is -4.19. The first-order valence-corrected chi connectivity index (χ1v) is 18.0. The van der Waals surface area contributed by atoms with Gasteiger partial charge in [-0.25, -0.2) is 22.4 Å². The molecule has 4 aromatic rings. The van der Waals surface area contributed by atoms with Crippen molar-refractivity contribution < 1.29 is 31.8 Å². The third-order valence-corrected chi connectivity index (χ3v) is 11.2. The van der Waals surface area contributed by atoms with Gasteiger partial charge in [-0.1, -0.05) is 31.2 Å². The van der Waals surface area contributed by atoms with Gasteiger partial charge in [-0.05, 0) is 93.5 Å². The molecule has 4 atom stereocenters. The van der Waals surface area contributed by atoms with E-state index in [1.165, 1.54) is 12.1 Å². The second kappa shape index (κ2) is 12.5. The summed E-state index contributed by atoms with van der Waals surface area (Å²) in [6.45, 7) is 9.30. The molecule has 270 valence electrons. The molecule has 51 heavy (non-hydrogen) atoms. The highest BCUT2D eigenvalue weighted by molar-refractivity contribution is 6.02. The van der Waals surface area contributed by atoms with Crippen molar-refractivity contribution in [2.24, 2.45) is 0 Å². The van der Waals surface area contributed by atoms with E-state index in [9.17, 15) is 9.18 Å². The monoisotopic (exact) mass is 705 g/mol. The number of piperazine rings is 1. The third kappa shape index (κ3) is 5.83. The summed E-state index contributed by atoms with van der Waals surface area (Å²) >= 11 is 0. The molecule has 0 aliphatic carbocycles. The van der Waals surface area contributed by atoms with Crippen LogP contribution in [-0.4, -0.2) is 88.0 Å². The lowest BCUT2D eigenvalue weighted by atomic mass is 9.92. The molecule has 1 aromatic heterocycles. The molecule has 4 saturated heterocycles. The van der Waals surface area contributed by atoms with Gasteiger partial charge in [-0.2, -0.15) is 9.97 Å². The van der Waals surface area contributed by atoms with Crippen molar-refractivity contribution in [1.29, 1.82) is 0 Å². The van der Waals surface area contributed by atoms with Gasteiger partial charge < -0.3 is 14.4 Å². The fourth-order valence-electron chi connectivity index (χ4n) is 9.03. The summed E-state index contributed by atoms with van der Waals surface area (Å²) in [5, 5.41) is 1.28. The highest BCUT2D eigenvalue weighted by Gasteiger charge is 2.50. The average molecular weight is 706 g/mol. The average Bonchev–Trinajstić information content (AvgIpc) is 3.69. The number of aromatic nitrogens is 2. The van der Waals surface area contributed by atoms with Crippen LogP contribution in [0.2, 0.25) is 0 Å². The number of anilines is 1. The first-order valence-electron chi connectivity index (χ1n) is 18.0. The molecule has 12 heteroatoms. The zero-order valence-corrected chi connectivity index (χ0v) is 29.4. The summed E-state index contributed by atoms with van der Waals surface area (Å²) in [6.07, 6.45) is 2.52. The predicted molar refractivity (Wildman–Crippen MR) is 187 cm³/mol. The molecule has 0 N–H and O–H groups in total. The molecular weight excluding hydrogens is 662 g/mol. The standard InChI is InChI=1S/C39H43F4N5O3/c1-5-26-29(41)13-10-22-8-6-9-27(31(22)26)32-30(42)16-28-34(33(32)43)44-36(50-21-39-14-7-15-47(39)18-23(40)17-39)45-35(28)46-19-24-11-12-25(20-46)48(24)37(49)51-38(2,3)4/h6,8-10,13,16,23-25H,5,7,11-12,14-15,17-21H2,1-4H3/t23-,24?,25?,39+/m1/s1. The number of amides is 1. The van der Waals surface area contributed by atoms with E-state index in [0.29, 0.717) is 54.6 Å². The molecule has 1 amide bonds. The predicted octanol–water partition coefficient (Wildman–Crippen LogP) is 7.97. The van der Waals surface area contributed by atoms with Crippen molar-refractivity contribution in [3.05, 3.63) is 59.4 Å². The smallest absolute Gasteiger partial charge is 0.410 e. The van der Waals surface area contributed by atoms with Crippen LogP contribution in [0.5, 0.6) is 6.01 Å². The van der Waals surface area contributed by atoms with Gasteiger partial charge in [0.05, 0.1) is 23.2 Å². The molecule has 0 saturated carbocycles. The van der Waals surface area contributed by atoms with Gasteiger partial charge in [-0.15, -0.1) is 0 Å². The minimum atomic E-state index is -0.958. The van der Waals surface area contributed by atoms with E-state index in [1.54, 1.807) is 36.1 Å². The fraction of sp³-hybridized carbons (Fsp3) is 0.513. The maximum atomic E-state index is 17.1. The maximum absolute atomic E-state index is 17.1. The molecular formula is C39H43F4N5O3. The normalized spacial score (nSPS) is 24.9.